The highest BCUT2D eigenvalue weighted by atomic mass is 79.9. The Hall–Kier alpha value is -1.27. The molecule has 0 aromatic heterocycles. The fraction of sp³-hybridized carbons (Fsp3) is 0.308. The van der Waals surface area contributed by atoms with Crippen molar-refractivity contribution in [1.82, 2.24) is 0 Å². The predicted molar refractivity (Wildman–Crippen MR) is 69.4 cm³/mol. The van der Waals surface area contributed by atoms with Gasteiger partial charge in [0, 0.05) is 23.1 Å². The molecular formula is C13H13BrN2. The van der Waals surface area contributed by atoms with Gasteiger partial charge in [0.25, 0.3) is 0 Å². The lowest BCUT2D eigenvalue weighted by atomic mass is 10.1. The van der Waals surface area contributed by atoms with Crippen molar-refractivity contribution >= 4 is 21.6 Å². The number of hydrogen-bond donors (Lipinski definition) is 0. The van der Waals surface area contributed by atoms with Crippen molar-refractivity contribution < 1.29 is 0 Å². The van der Waals surface area contributed by atoms with Gasteiger partial charge in [0.05, 0.1) is 11.8 Å². The molecule has 2 nitrogen and oxygen atoms in total. The molecule has 0 amide bonds. The Morgan fingerprint density at radius 3 is 2.81 bits per heavy atom. The van der Waals surface area contributed by atoms with Crippen molar-refractivity contribution in [3.8, 4) is 6.07 Å². The highest BCUT2D eigenvalue weighted by Crippen LogP contribution is 2.29. The molecule has 1 aromatic rings. The quantitative estimate of drug-likeness (QED) is 0.786. The number of benzene rings is 1. The van der Waals surface area contributed by atoms with Crippen LogP contribution in [-0.4, -0.2) is 13.1 Å². The summed E-state index contributed by atoms with van der Waals surface area (Å²) in [5.74, 6) is 0. The molecule has 0 spiro atoms. The Morgan fingerprint density at radius 1 is 1.44 bits per heavy atom. The molecule has 0 unspecified atom stereocenters. The number of halogens is 1. The van der Waals surface area contributed by atoms with E-state index < -0.39 is 0 Å². The molecule has 3 heteroatoms. The summed E-state index contributed by atoms with van der Waals surface area (Å²) in [6, 6.07) is 8.59. The van der Waals surface area contributed by atoms with E-state index in [2.05, 4.69) is 52.0 Å². The maximum Gasteiger partial charge on any atom is 0.0945 e. The van der Waals surface area contributed by atoms with Gasteiger partial charge in [0.1, 0.15) is 0 Å². The van der Waals surface area contributed by atoms with E-state index in [1.54, 1.807) is 0 Å². The number of anilines is 1. The van der Waals surface area contributed by atoms with Gasteiger partial charge in [-0.05, 0) is 47.0 Å². The van der Waals surface area contributed by atoms with Gasteiger partial charge in [-0.3, -0.25) is 0 Å². The van der Waals surface area contributed by atoms with Gasteiger partial charge in [-0.2, -0.15) is 5.26 Å². The van der Waals surface area contributed by atoms with E-state index in [0.29, 0.717) is 0 Å². The topological polar surface area (TPSA) is 27.0 Å². The second kappa shape index (κ2) is 4.71. The van der Waals surface area contributed by atoms with E-state index in [1.165, 1.54) is 11.3 Å². The van der Waals surface area contributed by atoms with Crippen LogP contribution in [0.1, 0.15) is 12.0 Å². The smallest absolute Gasteiger partial charge is 0.0945 e. The van der Waals surface area contributed by atoms with Crippen LogP contribution in [0.2, 0.25) is 0 Å². The number of hydrogen-bond acceptors (Lipinski definition) is 2. The lowest BCUT2D eigenvalue weighted by molar-refractivity contribution is 0.800. The summed E-state index contributed by atoms with van der Waals surface area (Å²) in [5.41, 5.74) is 3.36. The summed E-state index contributed by atoms with van der Waals surface area (Å²) in [5, 5.41) is 8.79. The third-order valence-corrected chi connectivity index (χ3v) is 3.43. The van der Waals surface area contributed by atoms with Crippen molar-refractivity contribution in [2.75, 3.05) is 18.0 Å². The molecule has 82 valence electrons. The van der Waals surface area contributed by atoms with Crippen LogP contribution in [0.5, 0.6) is 0 Å². The molecule has 16 heavy (non-hydrogen) atoms. The molecule has 1 aliphatic rings. The van der Waals surface area contributed by atoms with E-state index in [0.717, 1.165) is 29.6 Å². The summed E-state index contributed by atoms with van der Waals surface area (Å²) < 4.78 is 1.13. The lowest BCUT2D eigenvalue weighted by Crippen LogP contribution is -2.28. The molecule has 1 aliphatic heterocycles. The largest absolute Gasteiger partial charge is 0.366 e. The third kappa shape index (κ3) is 2.28. The van der Waals surface area contributed by atoms with Crippen LogP contribution in [0.4, 0.5) is 5.69 Å². The van der Waals surface area contributed by atoms with Crippen LogP contribution in [0.15, 0.2) is 34.3 Å². The first-order valence-corrected chi connectivity index (χ1v) is 6.10. The SMILES string of the molecule is Cc1ccc(N2CC=C(C#N)CC2)c(Br)c1. The molecular weight excluding hydrogens is 264 g/mol. The lowest BCUT2D eigenvalue weighted by Gasteiger charge is -2.27. The Morgan fingerprint density at radius 2 is 2.25 bits per heavy atom. The molecule has 2 rings (SSSR count). The Balaban J connectivity index is 2.21. The first-order valence-electron chi connectivity index (χ1n) is 5.31. The van der Waals surface area contributed by atoms with Crippen molar-refractivity contribution in [3.05, 3.63) is 39.9 Å². The average molecular weight is 277 g/mol. The molecule has 1 heterocycles. The first-order chi connectivity index (χ1) is 7.70. The number of nitriles is 1. The fourth-order valence-corrected chi connectivity index (χ4v) is 2.60. The van der Waals surface area contributed by atoms with Gasteiger partial charge in [-0.15, -0.1) is 0 Å². The maximum atomic E-state index is 8.79. The van der Waals surface area contributed by atoms with E-state index in [9.17, 15) is 0 Å². The zero-order chi connectivity index (χ0) is 11.5. The van der Waals surface area contributed by atoms with Crippen LogP contribution in [0, 0.1) is 18.3 Å². The minimum absolute atomic E-state index is 0.824. The second-order valence-corrected chi connectivity index (χ2v) is 4.85. The molecule has 0 radical (unpaired) electrons. The van der Waals surface area contributed by atoms with E-state index in [1.807, 2.05) is 6.08 Å². The number of aryl methyl sites for hydroxylation is 1. The van der Waals surface area contributed by atoms with E-state index in [-0.39, 0.29) is 0 Å². The summed E-state index contributed by atoms with van der Waals surface area (Å²) >= 11 is 3.59. The van der Waals surface area contributed by atoms with Gasteiger partial charge in [-0.1, -0.05) is 12.1 Å². The van der Waals surface area contributed by atoms with Gasteiger partial charge in [0.15, 0.2) is 0 Å². The van der Waals surface area contributed by atoms with Crippen molar-refractivity contribution in [2.45, 2.75) is 13.3 Å². The Kier molecular flexibility index (Phi) is 3.31. The summed E-state index contributed by atoms with van der Waals surface area (Å²) in [6.07, 6.45) is 2.85. The normalized spacial score (nSPS) is 15.6. The van der Waals surface area contributed by atoms with Crippen LogP contribution < -0.4 is 4.90 Å². The first kappa shape index (κ1) is 11.2. The summed E-state index contributed by atoms with van der Waals surface area (Å²) in [7, 11) is 0. The minimum atomic E-state index is 0.824. The summed E-state index contributed by atoms with van der Waals surface area (Å²) in [6.45, 7) is 3.82. The van der Waals surface area contributed by atoms with Crippen LogP contribution in [0.3, 0.4) is 0 Å². The van der Waals surface area contributed by atoms with Crippen LogP contribution in [-0.2, 0) is 0 Å². The molecule has 0 saturated carbocycles. The fourth-order valence-electron chi connectivity index (χ4n) is 1.86. The number of nitrogens with zero attached hydrogens (tertiary/aromatic N) is 2. The zero-order valence-electron chi connectivity index (χ0n) is 9.20. The Labute approximate surface area is 104 Å². The molecule has 0 aliphatic carbocycles. The van der Waals surface area contributed by atoms with Gasteiger partial charge in [0.2, 0.25) is 0 Å². The van der Waals surface area contributed by atoms with Gasteiger partial charge >= 0.3 is 0 Å². The molecule has 0 bridgehead atoms. The average Bonchev–Trinajstić information content (AvgIpc) is 2.29. The third-order valence-electron chi connectivity index (χ3n) is 2.80. The second-order valence-electron chi connectivity index (χ2n) is 3.99. The monoisotopic (exact) mass is 276 g/mol. The van der Waals surface area contributed by atoms with Crippen LogP contribution in [0.25, 0.3) is 0 Å². The molecule has 0 saturated heterocycles. The van der Waals surface area contributed by atoms with Crippen molar-refractivity contribution in [2.24, 2.45) is 0 Å². The highest BCUT2D eigenvalue weighted by molar-refractivity contribution is 9.10. The highest BCUT2D eigenvalue weighted by Gasteiger charge is 2.13. The number of rotatable bonds is 1. The van der Waals surface area contributed by atoms with Crippen molar-refractivity contribution in [3.63, 3.8) is 0 Å². The molecule has 1 aromatic carbocycles. The Bertz CT molecular complexity index is 471. The maximum absolute atomic E-state index is 8.79. The van der Waals surface area contributed by atoms with Gasteiger partial charge in [-0.25, -0.2) is 0 Å². The minimum Gasteiger partial charge on any atom is -0.366 e. The van der Waals surface area contributed by atoms with E-state index in [4.69, 9.17) is 5.26 Å². The van der Waals surface area contributed by atoms with Crippen LogP contribution >= 0.6 is 15.9 Å². The summed E-state index contributed by atoms with van der Waals surface area (Å²) in [4.78, 5) is 2.28. The predicted octanol–water partition coefficient (Wildman–Crippen LogP) is 3.42. The van der Waals surface area contributed by atoms with Gasteiger partial charge < -0.3 is 4.90 Å². The molecule has 0 fully saturated rings. The molecule has 0 N–H and O–H groups in total. The molecule has 0 atom stereocenters. The standard InChI is InChI=1S/C13H13BrN2/c1-10-2-3-13(12(14)8-10)16-6-4-11(9-15)5-7-16/h2-4,8H,5-7H2,1H3. The van der Waals surface area contributed by atoms with E-state index >= 15 is 0 Å². The zero-order valence-corrected chi connectivity index (χ0v) is 10.8. The van der Waals surface area contributed by atoms with Crippen molar-refractivity contribution in [1.29, 1.82) is 5.26 Å².